The lowest BCUT2D eigenvalue weighted by Crippen LogP contribution is -2.15. The molecular weight excluding hydrogens is 1230 g/mol. The maximum atomic E-state index is 11.6. The van der Waals surface area contributed by atoms with Crippen LogP contribution in [0.25, 0.3) is 0 Å². The quantitative estimate of drug-likeness (QED) is 0.0216. The van der Waals surface area contributed by atoms with Gasteiger partial charge in [-0.3, -0.25) is 10.2 Å². The van der Waals surface area contributed by atoms with Gasteiger partial charge in [0.25, 0.3) is 0 Å². The van der Waals surface area contributed by atoms with Crippen molar-refractivity contribution in [3.8, 4) is 23.0 Å². The highest BCUT2D eigenvalue weighted by atomic mass is 127. The van der Waals surface area contributed by atoms with Crippen molar-refractivity contribution < 1.29 is 47.4 Å². The van der Waals surface area contributed by atoms with Gasteiger partial charge in [-0.05, 0) is 151 Å². The standard InChI is InChI=1S/C41H51I4N5O10/c1-29(51)22-31-23-35(42)41(36(43)24-31)60-34-25-37(44)40(38(45)26-34)59-28-32-27-50(49-48-32)8-9-52-10-11-53-12-13-54-14-15-55-16-17-56-18-19-57-20-21-58-33-5-2-30(3-6-33)4-7-39(46)47/h2-3,5-6,23-27H,4,7-22,28H2,1H3,(H3,46,47). The van der Waals surface area contributed by atoms with Gasteiger partial charge in [0, 0.05) is 12.8 Å². The van der Waals surface area contributed by atoms with Gasteiger partial charge in [-0.2, -0.15) is 0 Å². The summed E-state index contributed by atoms with van der Waals surface area (Å²) in [6, 6.07) is 15.6. The highest BCUT2D eigenvalue weighted by molar-refractivity contribution is 14.1. The second kappa shape index (κ2) is 29.4. The summed E-state index contributed by atoms with van der Waals surface area (Å²) in [5, 5.41) is 15.7. The molecule has 0 aliphatic heterocycles. The van der Waals surface area contributed by atoms with Gasteiger partial charge in [0.15, 0.2) is 5.75 Å². The number of carbonyl (C=O) groups excluding carboxylic acids is 1. The molecule has 1 heterocycles. The van der Waals surface area contributed by atoms with E-state index in [2.05, 4.69) is 101 Å². The Bertz CT molecular complexity index is 1860. The predicted molar refractivity (Wildman–Crippen MR) is 260 cm³/mol. The third kappa shape index (κ3) is 20.5. The number of halogens is 4. The van der Waals surface area contributed by atoms with E-state index in [-0.39, 0.29) is 18.2 Å². The van der Waals surface area contributed by atoms with Crippen LogP contribution in [0.5, 0.6) is 23.0 Å². The number of amidine groups is 1. The number of nitrogens with zero attached hydrogens (tertiary/aromatic N) is 3. The second-order valence-electron chi connectivity index (χ2n) is 13.0. The van der Waals surface area contributed by atoms with Gasteiger partial charge in [-0.1, -0.05) is 17.3 Å². The first-order valence-corrected chi connectivity index (χ1v) is 23.6. The zero-order valence-electron chi connectivity index (χ0n) is 33.4. The average Bonchev–Trinajstić information content (AvgIpc) is 3.66. The van der Waals surface area contributed by atoms with Crippen molar-refractivity contribution in [2.45, 2.75) is 39.3 Å². The van der Waals surface area contributed by atoms with Crippen LogP contribution in [0.4, 0.5) is 0 Å². The number of hydrogen-bond donors (Lipinski definition) is 2. The topological polar surface area (TPSA) is 181 Å². The smallest absolute Gasteiger partial charge is 0.154 e. The van der Waals surface area contributed by atoms with E-state index >= 15 is 0 Å². The minimum absolute atomic E-state index is 0.128. The zero-order valence-corrected chi connectivity index (χ0v) is 42.1. The molecule has 1 aromatic heterocycles. The van der Waals surface area contributed by atoms with E-state index in [9.17, 15) is 4.79 Å². The molecule has 0 atom stereocenters. The summed E-state index contributed by atoms with van der Waals surface area (Å²) in [4.78, 5) is 11.6. The molecule has 328 valence electrons. The fourth-order valence-corrected chi connectivity index (χ4v) is 9.36. The molecule has 0 unspecified atom stereocenters. The highest BCUT2D eigenvalue weighted by Gasteiger charge is 2.16. The number of carbonyl (C=O) groups is 1. The Kier molecular flexibility index (Phi) is 24.8. The fraction of sp³-hybridized carbons (Fsp3) is 0.463. The van der Waals surface area contributed by atoms with Crippen molar-refractivity contribution in [3.63, 3.8) is 0 Å². The number of Topliss-reactive ketones (excluding diaryl/α,β-unsaturated/α-hetero) is 1. The van der Waals surface area contributed by atoms with Gasteiger partial charge < -0.3 is 48.4 Å². The van der Waals surface area contributed by atoms with Crippen LogP contribution in [0.15, 0.2) is 54.7 Å². The van der Waals surface area contributed by atoms with Crippen molar-refractivity contribution in [2.75, 3.05) is 85.9 Å². The van der Waals surface area contributed by atoms with Crippen LogP contribution in [0, 0.1) is 19.7 Å². The number of ether oxygens (including phenoxy) is 9. The van der Waals surface area contributed by atoms with Crippen molar-refractivity contribution in [1.29, 1.82) is 5.41 Å². The molecule has 3 N–H and O–H groups in total. The lowest BCUT2D eigenvalue weighted by molar-refractivity contribution is -0.116. The van der Waals surface area contributed by atoms with Crippen LogP contribution >= 0.6 is 90.4 Å². The summed E-state index contributed by atoms with van der Waals surface area (Å²) in [5.74, 6) is 3.33. The molecule has 0 aliphatic carbocycles. The molecule has 0 bridgehead atoms. The molecular formula is C41H51I4N5O10. The van der Waals surface area contributed by atoms with Crippen molar-refractivity contribution in [2.24, 2.45) is 5.73 Å². The maximum Gasteiger partial charge on any atom is 0.154 e. The van der Waals surface area contributed by atoms with Crippen LogP contribution in [-0.2, 0) is 59.2 Å². The predicted octanol–water partition coefficient (Wildman–Crippen LogP) is 7.25. The molecule has 0 saturated heterocycles. The number of rotatable bonds is 32. The maximum absolute atomic E-state index is 11.6. The van der Waals surface area contributed by atoms with Gasteiger partial charge >= 0.3 is 0 Å². The SMILES string of the molecule is CC(=O)Cc1cc(I)c(Oc2cc(I)c(OCc3cn(CCOCCOCCOCCOCCOCCOCCOc4ccc(CCC(=N)N)cc4)nn3)c(I)c2)c(I)c1. The van der Waals surface area contributed by atoms with E-state index in [1.54, 1.807) is 11.6 Å². The number of hydrogen-bond acceptors (Lipinski definition) is 13. The molecule has 4 rings (SSSR count). The van der Waals surface area contributed by atoms with Crippen LogP contribution in [0.1, 0.15) is 30.2 Å². The lowest BCUT2D eigenvalue weighted by Gasteiger charge is -2.15. The van der Waals surface area contributed by atoms with Crippen LogP contribution in [-0.4, -0.2) is 113 Å². The van der Waals surface area contributed by atoms with E-state index in [1.165, 1.54) is 0 Å². The highest BCUT2D eigenvalue weighted by Crippen LogP contribution is 2.37. The third-order valence-corrected chi connectivity index (χ3v) is 11.3. The number of aryl methyl sites for hydroxylation is 1. The minimum Gasteiger partial charge on any atom is -0.491 e. The number of benzene rings is 3. The summed E-state index contributed by atoms with van der Waals surface area (Å²) in [5.41, 5.74) is 8.22. The van der Waals surface area contributed by atoms with Crippen LogP contribution in [0.2, 0.25) is 0 Å². The molecule has 0 amide bonds. The molecule has 19 heteroatoms. The van der Waals surface area contributed by atoms with Crippen molar-refractivity contribution >= 4 is 102 Å². The Balaban J connectivity index is 0.932. The molecule has 4 aromatic rings. The third-order valence-electron chi connectivity index (χ3n) is 8.08. The first-order valence-electron chi connectivity index (χ1n) is 19.2. The number of ketones is 1. The Morgan fingerprint density at radius 1 is 0.650 bits per heavy atom. The van der Waals surface area contributed by atoms with E-state index in [0.29, 0.717) is 117 Å². The van der Waals surface area contributed by atoms with Crippen molar-refractivity contribution in [1.82, 2.24) is 15.0 Å². The van der Waals surface area contributed by atoms with Crippen molar-refractivity contribution in [3.05, 3.63) is 85.8 Å². The Morgan fingerprint density at radius 3 is 1.67 bits per heavy atom. The first kappa shape index (κ1) is 50.7. The fourth-order valence-electron chi connectivity index (χ4n) is 5.22. The monoisotopic (exact) mass is 1280 g/mol. The number of aromatic nitrogens is 3. The summed E-state index contributed by atoms with van der Waals surface area (Å²) in [6.07, 6.45) is 3.56. The molecule has 0 aliphatic rings. The largest absolute Gasteiger partial charge is 0.491 e. The molecule has 3 aromatic carbocycles. The average molecular weight is 1280 g/mol. The van der Waals surface area contributed by atoms with E-state index < -0.39 is 0 Å². The summed E-state index contributed by atoms with van der Waals surface area (Å²) >= 11 is 8.99. The van der Waals surface area contributed by atoms with Crippen LogP contribution in [0.3, 0.4) is 0 Å². The molecule has 15 nitrogen and oxygen atoms in total. The van der Waals surface area contributed by atoms with Gasteiger partial charge in [0.1, 0.15) is 41.9 Å². The molecule has 0 saturated carbocycles. The van der Waals surface area contributed by atoms with Gasteiger partial charge in [0.05, 0.1) is 112 Å². The number of nitrogens with one attached hydrogen (secondary N) is 1. The zero-order chi connectivity index (χ0) is 43.0. The van der Waals surface area contributed by atoms with Gasteiger partial charge in [0.2, 0.25) is 0 Å². The normalized spacial score (nSPS) is 11.2. The second-order valence-corrected chi connectivity index (χ2v) is 17.7. The molecule has 0 spiro atoms. The first-order chi connectivity index (χ1) is 29.1. The summed E-state index contributed by atoms with van der Waals surface area (Å²) in [7, 11) is 0. The summed E-state index contributed by atoms with van der Waals surface area (Å²) in [6.45, 7) is 8.61. The van der Waals surface area contributed by atoms with E-state index in [4.69, 9.17) is 53.8 Å². The molecule has 0 fully saturated rings. The summed E-state index contributed by atoms with van der Waals surface area (Å²) < 4.78 is 57.0. The van der Waals surface area contributed by atoms with E-state index in [1.807, 2.05) is 54.7 Å². The molecule has 0 radical (unpaired) electrons. The Hall–Kier alpha value is -1.98. The van der Waals surface area contributed by atoms with Gasteiger partial charge in [-0.15, -0.1) is 5.10 Å². The minimum atomic E-state index is 0.128. The lowest BCUT2D eigenvalue weighted by atomic mass is 10.1. The van der Waals surface area contributed by atoms with E-state index in [0.717, 1.165) is 49.1 Å². The molecule has 60 heavy (non-hydrogen) atoms. The van der Waals surface area contributed by atoms with Crippen LogP contribution < -0.4 is 19.9 Å². The van der Waals surface area contributed by atoms with Gasteiger partial charge in [-0.25, -0.2) is 4.68 Å². The Labute approximate surface area is 405 Å². The Morgan fingerprint density at radius 2 is 1.15 bits per heavy atom. The number of nitrogens with two attached hydrogens (primary N) is 1.